The van der Waals surface area contributed by atoms with Crippen molar-refractivity contribution >= 4 is 17.7 Å². The van der Waals surface area contributed by atoms with Crippen molar-refractivity contribution in [2.45, 2.75) is 71.2 Å². The van der Waals surface area contributed by atoms with Gasteiger partial charge in [0.2, 0.25) is 5.91 Å². The molecule has 0 aromatic carbocycles. The van der Waals surface area contributed by atoms with Gasteiger partial charge < -0.3 is 4.90 Å². The van der Waals surface area contributed by atoms with E-state index in [1.807, 2.05) is 0 Å². The molecule has 0 bridgehead atoms. The summed E-state index contributed by atoms with van der Waals surface area (Å²) in [6, 6.07) is 0.899. The maximum atomic E-state index is 12.3. The molecule has 1 amide bonds. The van der Waals surface area contributed by atoms with Crippen molar-refractivity contribution in [1.29, 1.82) is 0 Å². The number of carbonyl (C=O) groups is 1. The average molecular weight is 257 g/mol. The van der Waals surface area contributed by atoms with Crippen LogP contribution in [-0.2, 0) is 4.79 Å². The Morgan fingerprint density at radius 1 is 1.29 bits per heavy atom. The first-order chi connectivity index (χ1) is 7.72. The molecule has 0 N–H and O–H groups in total. The van der Waals surface area contributed by atoms with Crippen molar-refractivity contribution in [1.82, 2.24) is 4.90 Å². The van der Waals surface area contributed by atoms with Gasteiger partial charge in [-0.2, -0.15) is 0 Å². The maximum Gasteiger partial charge on any atom is 0.233 e. The second-order valence-corrected chi connectivity index (χ2v) is 8.22. The van der Waals surface area contributed by atoms with Crippen LogP contribution in [-0.4, -0.2) is 33.4 Å². The van der Waals surface area contributed by atoms with Gasteiger partial charge in [-0.1, -0.05) is 34.6 Å². The molecule has 3 heteroatoms. The van der Waals surface area contributed by atoms with Crippen LogP contribution in [0.2, 0.25) is 0 Å². The molecule has 0 radical (unpaired) electrons. The highest BCUT2D eigenvalue weighted by Gasteiger charge is 2.36. The Bertz CT molecular complexity index is 266. The zero-order valence-corrected chi connectivity index (χ0v) is 12.9. The fourth-order valence-corrected chi connectivity index (χ4v) is 2.50. The van der Waals surface area contributed by atoms with Crippen molar-refractivity contribution in [2.24, 2.45) is 5.92 Å². The smallest absolute Gasteiger partial charge is 0.233 e. The van der Waals surface area contributed by atoms with Crippen molar-refractivity contribution < 1.29 is 4.79 Å². The molecule has 1 rings (SSSR count). The maximum absolute atomic E-state index is 12.3. The molecule has 1 unspecified atom stereocenters. The van der Waals surface area contributed by atoms with E-state index < -0.39 is 0 Å². The minimum absolute atomic E-state index is 0.173. The number of rotatable bonds is 5. The van der Waals surface area contributed by atoms with E-state index in [2.05, 4.69) is 46.4 Å². The first-order valence-corrected chi connectivity index (χ1v) is 7.66. The molecule has 0 heterocycles. The van der Waals surface area contributed by atoms with Crippen LogP contribution in [0, 0.1) is 5.92 Å². The lowest BCUT2D eigenvalue weighted by Gasteiger charge is -2.33. The quantitative estimate of drug-likeness (QED) is 0.750. The van der Waals surface area contributed by atoms with Gasteiger partial charge in [-0.15, -0.1) is 11.8 Å². The molecule has 0 aliphatic heterocycles. The molecule has 1 aliphatic rings. The third-order valence-corrected chi connectivity index (χ3v) is 4.52. The highest BCUT2D eigenvalue weighted by Crippen LogP contribution is 2.32. The van der Waals surface area contributed by atoms with Gasteiger partial charge in [0.05, 0.1) is 5.75 Å². The molecule has 0 aromatic heterocycles. The van der Waals surface area contributed by atoms with E-state index in [9.17, 15) is 4.79 Å². The summed E-state index contributed by atoms with van der Waals surface area (Å²) < 4.78 is 0.173. The van der Waals surface area contributed by atoms with Crippen LogP contribution >= 0.6 is 11.8 Å². The predicted molar refractivity (Wildman–Crippen MR) is 76.4 cm³/mol. The lowest BCUT2D eigenvalue weighted by atomic mass is 10.0. The van der Waals surface area contributed by atoms with E-state index in [-0.39, 0.29) is 4.75 Å². The number of hydrogen-bond acceptors (Lipinski definition) is 2. The molecule has 0 spiro atoms. The summed E-state index contributed by atoms with van der Waals surface area (Å²) in [4.78, 5) is 14.5. The molecule has 0 saturated heterocycles. The van der Waals surface area contributed by atoms with E-state index in [0.29, 0.717) is 29.7 Å². The predicted octanol–water partition coefficient (Wildman–Crippen LogP) is 3.55. The third kappa shape index (κ3) is 4.90. The zero-order valence-electron chi connectivity index (χ0n) is 12.1. The van der Waals surface area contributed by atoms with Gasteiger partial charge in [-0.3, -0.25) is 4.79 Å². The summed E-state index contributed by atoms with van der Waals surface area (Å²) >= 11 is 1.75. The second-order valence-electron chi connectivity index (χ2n) is 6.42. The summed E-state index contributed by atoms with van der Waals surface area (Å²) in [5.41, 5.74) is 0. The van der Waals surface area contributed by atoms with Gasteiger partial charge in [0.1, 0.15) is 0 Å². The van der Waals surface area contributed by atoms with Crippen LogP contribution in [0.1, 0.15) is 54.4 Å². The second kappa shape index (κ2) is 5.64. The van der Waals surface area contributed by atoms with Crippen LogP contribution in [0.25, 0.3) is 0 Å². The normalized spacial score (nSPS) is 18.3. The summed E-state index contributed by atoms with van der Waals surface area (Å²) in [6.07, 6.45) is 2.39. The van der Waals surface area contributed by atoms with E-state index in [0.717, 1.165) is 0 Å². The van der Waals surface area contributed by atoms with Crippen LogP contribution in [0.5, 0.6) is 0 Å². The van der Waals surface area contributed by atoms with Gasteiger partial charge >= 0.3 is 0 Å². The van der Waals surface area contributed by atoms with E-state index >= 15 is 0 Å². The van der Waals surface area contributed by atoms with Crippen LogP contribution in [0.4, 0.5) is 0 Å². The summed E-state index contributed by atoms with van der Waals surface area (Å²) in [5, 5.41) is 0. The fourth-order valence-electron chi connectivity index (χ4n) is 1.79. The molecule has 1 aliphatic carbocycles. The molecular weight excluding hydrogens is 230 g/mol. The van der Waals surface area contributed by atoms with Gasteiger partial charge in [0.25, 0.3) is 0 Å². The molecule has 1 atom stereocenters. The van der Waals surface area contributed by atoms with Gasteiger partial charge in [-0.05, 0) is 25.7 Å². The molecule has 1 fully saturated rings. The largest absolute Gasteiger partial charge is 0.336 e. The Balaban J connectivity index is 2.55. The lowest BCUT2D eigenvalue weighted by molar-refractivity contribution is -0.131. The Hall–Kier alpha value is -0.180. The topological polar surface area (TPSA) is 20.3 Å². The number of thioether (sulfide) groups is 1. The number of amides is 1. The Morgan fingerprint density at radius 3 is 2.18 bits per heavy atom. The van der Waals surface area contributed by atoms with Crippen LogP contribution in [0.15, 0.2) is 0 Å². The molecule has 2 nitrogen and oxygen atoms in total. The average Bonchev–Trinajstić information content (AvgIpc) is 2.97. The van der Waals surface area contributed by atoms with Crippen LogP contribution in [0.3, 0.4) is 0 Å². The SMILES string of the molecule is CC(C)C(C)N(C(=O)CSC(C)(C)C)C1CC1. The van der Waals surface area contributed by atoms with Crippen molar-refractivity contribution in [3.05, 3.63) is 0 Å². The first kappa shape index (κ1) is 14.9. The van der Waals surface area contributed by atoms with Crippen molar-refractivity contribution in [2.75, 3.05) is 5.75 Å². The fraction of sp³-hybridized carbons (Fsp3) is 0.929. The highest BCUT2D eigenvalue weighted by atomic mass is 32.2. The third-order valence-electron chi connectivity index (χ3n) is 3.26. The Morgan fingerprint density at radius 2 is 1.82 bits per heavy atom. The van der Waals surface area contributed by atoms with E-state index in [4.69, 9.17) is 0 Å². The summed E-state index contributed by atoms with van der Waals surface area (Å²) in [5.74, 6) is 1.49. The van der Waals surface area contributed by atoms with Crippen molar-refractivity contribution in [3.63, 3.8) is 0 Å². The van der Waals surface area contributed by atoms with Gasteiger partial charge in [0.15, 0.2) is 0 Å². The summed E-state index contributed by atoms with van der Waals surface area (Å²) in [7, 11) is 0. The molecule has 0 aromatic rings. The standard InChI is InChI=1S/C14H27NOS/c1-10(2)11(3)15(12-7-8-12)13(16)9-17-14(4,5)6/h10-12H,7-9H2,1-6H3. The van der Waals surface area contributed by atoms with Gasteiger partial charge in [-0.25, -0.2) is 0 Å². The molecule has 1 saturated carbocycles. The monoisotopic (exact) mass is 257 g/mol. The van der Waals surface area contributed by atoms with Gasteiger partial charge in [0, 0.05) is 16.8 Å². The van der Waals surface area contributed by atoms with Crippen LogP contribution < -0.4 is 0 Å². The molecule has 17 heavy (non-hydrogen) atoms. The Labute approximate surface area is 111 Å². The minimum atomic E-state index is 0.173. The number of hydrogen-bond donors (Lipinski definition) is 0. The number of carbonyl (C=O) groups excluding carboxylic acids is 1. The molecular formula is C14H27NOS. The number of nitrogens with zero attached hydrogens (tertiary/aromatic N) is 1. The Kier molecular flexibility index (Phi) is 4.94. The minimum Gasteiger partial charge on any atom is -0.336 e. The van der Waals surface area contributed by atoms with E-state index in [1.54, 1.807) is 11.8 Å². The van der Waals surface area contributed by atoms with E-state index in [1.165, 1.54) is 12.8 Å². The molecule has 100 valence electrons. The summed E-state index contributed by atoms with van der Waals surface area (Å²) in [6.45, 7) is 13.1. The first-order valence-electron chi connectivity index (χ1n) is 6.67. The lowest BCUT2D eigenvalue weighted by Crippen LogP contribution is -2.44. The zero-order chi connectivity index (χ0) is 13.2. The van der Waals surface area contributed by atoms with Crippen molar-refractivity contribution in [3.8, 4) is 0 Å². The highest BCUT2D eigenvalue weighted by molar-refractivity contribution is 8.01.